The van der Waals surface area contributed by atoms with Crippen molar-refractivity contribution in [3.05, 3.63) is 47.8 Å². The highest BCUT2D eigenvalue weighted by Gasteiger charge is 2.51. The smallest absolute Gasteiger partial charge is 0.433 e. The average molecular weight is 485 g/mol. The second kappa shape index (κ2) is 9.33. The Labute approximate surface area is 203 Å². The van der Waals surface area contributed by atoms with Crippen LogP contribution in [-0.4, -0.2) is 47.8 Å². The summed E-state index contributed by atoms with van der Waals surface area (Å²) in [7, 11) is 1.18. The minimum atomic E-state index is -3.06. The summed E-state index contributed by atoms with van der Waals surface area (Å²) in [5.41, 5.74) is 1.36. The first-order valence-electron chi connectivity index (χ1n) is 11.6. The van der Waals surface area contributed by atoms with Crippen LogP contribution in [0.4, 0.5) is 8.78 Å². The second-order valence-corrected chi connectivity index (χ2v) is 9.58. The monoisotopic (exact) mass is 485 g/mol. The van der Waals surface area contributed by atoms with E-state index in [2.05, 4.69) is 5.32 Å². The van der Waals surface area contributed by atoms with E-state index in [1.165, 1.54) is 12.1 Å². The second-order valence-electron chi connectivity index (χ2n) is 9.58. The van der Waals surface area contributed by atoms with Crippen LogP contribution in [0.15, 0.2) is 36.4 Å². The molecule has 1 atom stereocenters. The lowest BCUT2D eigenvalue weighted by Gasteiger charge is -2.32. The topological polar surface area (TPSA) is 74.6 Å². The number of imidazole rings is 1. The summed E-state index contributed by atoms with van der Waals surface area (Å²) >= 11 is 0. The van der Waals surface area contributed by atoms with Gasteiger partial charge in [0.25, 0.3) is 0 Å². The fraction of sp³-hybridized carbons (Fsp3) is 0.440. The summed E-state index contributed by atoms with van der Waals surface area (Å²) in [4.78, 5) is 16.8. The predicted molar refractivity (Wildman–Crippen MR) is 131 cm³/mol. The molecule has 0 spiro atoms. The van der Waals surface area contributed by atoms with Gasteiger partial charge < -0.3 is 19.4 Å². The third-order valence-corrected chi connectivity index (χ3v) is 6.90. The molecular formula is C25H30BF2N3O4. The molecule has 1 fully saturated rings. The van der Waals surface area contributed by atoms with Gasteiger partial charge in [0.05, 0.1) is 28.3 Å². The van der Waals surface area contributed by atoms with Gasteiger partial charge >= 0.3 is 13.7 Å². The Balaban J connectivity index is 1.98. The molecule has 10 heteroatoms. The zero-order valence-electron chi connectivity index (χ0n) is 20.8. The molecule has 1 unspecified atom stereocenters. The largest absolute Gasteiger partial charge is 0.494 e. The molecule has 2 aromatic carbocycles. The molecule has 7 nitrogen and oxygen atoms in total. The number of nitrogens with one attached hydrogen (secondary N) is 1. The Morgan fingerprint density at radius 1 is 1.17 bits per heavy atom. The van der Waals surface area contributed by atoms with E-state index >= 15 is 0 Å². The Kier molecular flexibility index (Phi) is 6.74. The minimum Gasteiger partial charge on any atom is -0.433 e. The van der Waals surface area contributed by atoms with Crippen LogP contribution in [-0.2, 0) is 9.31 Å². The predicted octanol–water partition coefficient (Wildman–Crippen LogP) is 4.41. The number of aromatic nitrogens is 2. The maximum absolute atomic E-state index is 13.3. The molecule has 4 rings (SSSR count). The van der Waals surface area contributed by atoms with Crippen LogP contribution < -0.4 is 15.5 Å². The van der Waals surface area contributed by atoms with Gasteiger partial charge in [0, 0.05) is 5.56 Å². The number of aldehydes is 1. The third-order valence-electron chi connectivity index (χ3n) is 6.90. The van der Waals surface area contributed by atoms with Gasteiger partial charge in [-0.3, -0.25) is 9.36 Å². The van der Waals surface area contributed by atoms with E-state index in [0.717, 1.165) is 5.46 Å². The Bertz CT molecular complexity index is 1220. The molecule has 0 aliphatic carbocycles. The number of hydrogen-bond donors (Lipinski definition) is 1. The molecule has 0 amide bonds. The van der Waals surface area contributed by atoms with Crippen molar-refractivity contribution in [3.63, 3.8) is 0 Å². The minimum absolute atomic E-state index is 0.114. The fourth-order valence-corrected chi connectivity index (χ4v) is 4.29. The first-order chi connectivity index (χ1) is 16.5. The summed E-state index contributed by atoms with van der Waals surface area (Å²) in [6.07, 6.45) is 1.31. The van der Waals surface area contributed by atoms with Crippen LogP contribution in [0.3, 0.4) is 0 Å². The average Bonchev–Trinajstić information content (AvgIpc) is 3.26. The van der Waals surface area contributed by atoms with Crippen LogP contribution in [0.2, 0.25) is 0 Å². The maximum Gasteiger partial charge on any atom is 0.494 e. The molecule has 1 aliphatic rings. The van der Waals surface area contributed by atoms with E-state index in [4.69, 9.17) is 19.0 Å². The third kappa shape index (κ3) is 4.46. The molecule has 35 heavy (non-hydrogen) atoms. The zero-order valence-corrected chi connectivity index (χ0v) is 20.8. The summed E-state index contributed by atoms with van der Waals surface area (Å²) in [5, 5.41) is 3.22. The first-order valence-corrected chi connectivity index (χ1v) is 11.6. The summed E-state index contributed by atoms with van der Waals surface area (Å²) < 4.78 is 45.6. The molecule has 2 heterocycles. The van der Waals surface area contributed by atoms with Crippen molar-refractivity contribution < 1.29 is 27.6 Å². The van der Waals surface area contributed by atoms with Gasteiger partial charge in [0.15, 0.2) is 12.0 Å². The highest BCUT2D eigenvalue weighted by Crippen LogP contribution is 2.38. The van der Waals surface area contributed by atoms with Crippen molar-refractivity contribution in [1.82, 2.24) is 14.9 Å². The van der Waals surface area contributed by atoms with Crippen molar-refractivity contribution in [2.45, 2.75) is 64.9 Å². The van der Waals surface area contributed by atoms with Crippen LogP contribution in [0.25, 0.3) is 16.7 Å². The summed E-state index contributed by atoms with van der Waals surface area (Å²) in [5.74, 6) is 0.460. The number of benzene rings is 2. The number of fused-ring (bicyclic) bond motifs is 1. The van der Waals surface area contributed by atoms with Crippen molar-refractivity contribution in [3.8, 4) is 11.4 Å². The standard InChI is InChI=1S/C25H30BF2N3O4/c1-7-17(29-6)22-30-18-12-11-16(26-34-24(2,3)25(4,5)35-26)13-19(18)31(22)21-15(14-32)9-8-10-20(21)33-23(27)28/h8-14,17,23,29H,7H2,1-6H3. The van der Waals surface area contributed by atoms with Gasteiger partial charge in [-0.15, -0.1) is 0 Å². The maximum atomic E-state index is 13.3. The van der Waals surface area contributed by atoms with E-state index in [9.17, 15) is 13.6 Å². The van der Waals surface area contributed by atoms with Crippen molar-refractivity contribution in [2.24, 2.45) is 0 Å². The van der Waals surface area contributed by atoms with E-state index in [1.807, 2.05) is 52.8 Å². The van der Waals surface area contributed by atoms with Crippen LogP contribution in [0.1, 0.15) is 63.3 Å². The lowest BCUT2D eigenvalue weighted by Crippen LogP contribution is -2.41. The number of para-hydroxylation sites is 1. The quantitative estimate of drug-likeness (QED) is 0.377. The number of halogens is 2. The first kappa shape index (κ1) is 25.3. The van der Waals surface area contributed by atoms with Gasteiger partial charge in [0.1, 0.15) is 11.5 Å². The lowest BCUT2D eigenvalue weighted by molar-refractivity contribution is -0.0498. The molecule has 3 aromatic rings. The highest BCUT2D eigenvalue weighted by atomic mass is 19.3. The van der Waals surface area contributed by atoms with Crippen molar-refractivity contribution in [1.29, 1.82) is 0 Å². The van der Waals surface area contributed by atoms with Crippen molar-refractivity contribution >= 4 is 29.9 Å². The number of nitrogens with zero attached hydrogens (tertiary/aromatic N) is 2. The molecule has 1 aromatic heterocycles. The van der Waals surface area contributed by atoms with E-state index in [-0.39, 0.29) is 23.0 Å². The summed E-state index contributed by atoms with van der Waals surface area (Å²) in [6, 6.07) is 9.88. The van der Waals surface area contributed by atoms with Crippen molar-refractivity contribution in [2.75, 3.05) is 7.05 Å². The Hall–Kier alpha value is -2.82. The molecule has 0 bridgehead atoms. The number of carbonyl (C=O) groups is 1. The van der Waals surface area contributed by atoms with Gasteiger partial charge in [0.2, 0.25) is 0 Å². The SMILES string of the molecule is CCC(NC)c1nc2ccc(B3OC(C)(C)C(C)(C)O3)cc2n1-c1c(C=O)cccc1OC(F)F. The van der Waals surface area contributed by atoms with Gasteiger partial charge in [-0.2, -0.15) is 8.78 Å². The molecule has 0 radical (unpaired) electrons. The van der Waals surface area contributed by atoms with Gasteiger partial charge in [-0.25, -0.2) is 4.98 Å². The lowest BCUT2D eigenvalue weighted by atomic mass is 9.79. The molecule has 1 saturated heterocycles. The van der Waals surface area contributed by atoms with E-state index in [0.29, 0.717) is 29.6 Å². The number of alkyl halides is 2. The van der Waals surface area contributed by atoms with E-state index in [1.54, 1.807) is 17.7 Å². The summed E-state index contributed by atoms with van der Waals surface area (Å²) in [6.45, 7) is 6.83. The highest BCUT2D eigenvalue weighted by molar-refractivity contribution is 6.62. The number of carbonyl (C=O) groups excluding carboxylic acids is 1. The van der Waals surface area contributed by atoms with Crippen LogP contribution in [0, 0.1) is 0 Å². The Morgan fingerprint density at radius 3 is 2.43 bits per heavy atom. The molecule has 1 N–H and O–H groups in total. The van der Waals surface area contributed by atoms with E-state index < -0.39 is 24.9 Å². The number of ether oxygens (including phenoxy) is 1. The van der Waals surface area contributed by atoms with Gasteiger partial charge in [-0.05, 0) is 70.9 Å². The Morgan fingerprint density at radius 2 is 1.86 bits per heavy atom. The molecule has 0 saturated carbocycles. The van der Waals surface area contributed by atoms with Crippen LogP contribution in [0.5, 0.6) is 5.75 Å². The molecule has 186 valence electrons. The van der Waals surface area contributed by atoms with Gasteiger partial charge in [-0.1, -0.05) is 19.1 Å². The molecular weight excluding hydrogens is 455 g/mol. The zero-order chi connectivity index (χ0) is 25.5. The van der Waals surface area contributed by atoms with Crippen LogP contribution >= 0.6 is 0 Å². The molecule has 1 aliphatic heterocycles. The number of hydrogen-bond acceptors (Lipinski definition) is 6. The fourth-order valence-electron chi connectivity index (χ4n) is 4.29. The normalized spacial score (nSPS) is 17.8. The number of rotatable bonds is 8.